The summed E-state index contributed by atoms with van der Waals surface area (Å²) in [7, 11) is 3.99. The fourth-order valence-corrected chi connectivity index (χ4v) is 9.92. The maximum atomic E-state index is 13.8. The van der Waals surface area contributed by atoms with Gasteiger partial charge in [0.15, 0.2) is 11.5 Å². The van der Waals surface area contributed by atoms with Crippen LogP contribution in [-0.2, 0) is 105 Å². The van der Waals surface area contributed by atoms with Gasteiger partial charge in [-0.3, -0.25) is 36.6 Å². The number of fused-ring (bicyclic) bond motifs is 2. The molecule has 2 aliphatic rings. The van der Waals surface area contributed by atoms with Crippen molar-refractivity contribution < 1.29 is 142 Å². The maximum absolute atomic E-state index is 13.8. The largest absolute Gasteiger partial charge is 3.00 e. The summed E-state index contributed by atoms with van der Waals surface area (Å²) < 4.78 is 66.6. The number of aromatic nitrogens is 7. The Morgan fingerprint density at radius 3 is 1.71 bits per heavy atom. The van der Waals surface area contributed by atoms with Gasteiger partial charge in [0.1, 0.15) is 5.69 Å². The first kappa shape index (κ1) is 91.5. The minimum absolute atomic E-state index is 0. The second kappa shape index (κ2) is 47.7. The number of ketones is 1. The van der Waals surface area contributed by atoms with Gasteiger partial charge in [0, 0.05) is 176 Å². The first-order valence-corrected chi connectivity index (χ1v) is 31.5. The Balaban J connectivity index is 0.000000319. The normalized spacial score (nSPS) is 10.9. The van der Waals surface area contributed by atoms with Gasteiger partial charge >= 0.3 is 26.1 Å². The number of aliphatic hydroxyl groups excluding tert-OH is 1. The van der Waals surface area contributed by atoms with Gasteiger partial charge in [0.25, 0.3) is 0 Å². The smallest absolute Gasteiger partial charge is 0.574 e. The van der Waals surface area contributed by atoms with Crippen molar-refractivity contribution in [2.24, 2.45) is 0 Å². The van der Waals surface area contributed by atoms with Crippen LogP contribution >= 0.6 is 11.3 Å². The number of hydrogen-bond donors (Lipinski definition) is 2. The number of thiophene rings is 1. The number of aliphatic hydroxyl groups is 1. The predicted octanol–water partition coefficient (Wildman–Crippen LogP) is 18.3. The van der Waals surface area contributed by atoms with Crippen LogP contribution in [0.2, 0.25) is 0 Å². The van der Waals surface area contributed by atoms with Crippen molar-refractivity contribution in [2.45, 2.75) is 20.8 Å². The number of aryl methyl sites for hydroxylation is 1. The molecule has 15 rings (SSSR count). The number of carboxylic acid groups (broad SMARTS) is 1. The van der Waals surface area contributed by atoms with E-state index in [1.54, 1.807) is 78.5 Å². The summed E-state index contributed by atoms with van der Waals surface area (Å²) in [6, 6.07) is 73.1. The van der Waals surface area contributed by atoms with Crippen LogP contribution in [0.4, 0.5) is 50.4 Å². The summed E-state index contributed by atoms with van der Waals surface area (Å²) in [6.07, 6.45) is 14.7. The summed E-state index contributed by atoms with van der Waals surface area (Å²) in [5.74, 6) is -4.43. The zero-order chi connectivity index (χ0) is 72.8. The van der Waals surface area contributed by atoms with E-state index in [9.17, 15) is 31.5 Å². The average Bonchev–Trinajstić information content (AvgIpc) is 1.71. The fourth-order valence-electron chi connectivity index (χ4n) is 8.94. The van der Waals surface area contributed by atoms with E-state index >= 15 is 0 Å². The zero-order valence-electron chi connectivity index (χ0n) is 56.9. The molecule has 27 heteroatoms. The Morgan fingerprint density at radius 1 is 0.579 bits per heavy atom. The molecule has 0 atom stereocenters. The van der Waals surface area contributed by atoms with Gasteiger partial charge in [0.05, 0.1) is 12.3 Å². The van der Waals surface area contributed by atoms with E-state index in [0.717, 1.165) is 57.1 Å². The van der Waals surface area contributed by atoms with Gasteiger partial charge in [-0.05, 0) is 123 Å². The SMILES string of the molecule is CC(=O)C=C(C)O.CN1C=CN(c2[c-]cc(F)cc2)[CH-]1.CN1[CH-]N(c2[c-]cccc2)c2ccccc21.Fc1c[c-]c(-c2ccccn2)c(F)c1.O=C(O)c1ccccn1.[C-]#[N+]c1c(F)c[c-]c(-c2cc(C)ccn2)c1F.[Ir+3].[Ir].[Ir].[Ir].[Ir].[c-]1c(-c2ccccn2)sc2ccccc12.c1ccc(-c2ccn[n-]2)nc1. The number of aromatic carboxylic acids is 1. The van der Waals surface area contributed by atoms with Crippen molar-refractivity contribution in [2.75, 3.05) is 28.8 Å². The van der Waals surface area contributed by atoms with Crippen molar-refractivity contribution in [1.82, 2.24) is 40.0 Å². The van der Waals surface area contributed by atoms with E-state index in [0.29, 0.717) is 11.4 Å². The van der Waals surface area contributed by atoms with Crippen LogP contribution in [-0.4, -0.2) is 71.0 Å². The number of carboxylic acids is 1. The Hall–Kier alpha value is -9.75. The second-order valence-electron chi connectivity index (χ2n) is 21.3. The molecule has 0 amide bonds. The minimum atomic E-state index is -0.990. The molecule has 0 saturated carbocycles. The Labute approximate surface area is 688 Å². The van der Waals surface area contributed by atoms with E-state index in [4.69, 9.17) is 16.8 Å². The van der Waals surface area contributed by atoms with Crippen molar-refractivity contribution in [3.8, 4) is 44.5 Å². The first-order chi connectivity index (χ1) is 49.3. The standard InChI is InChI=1S/C14H12N2.C13H7F2N2.C13H8NS.C11H6F2N.C10H9FN2.C8H6N3.C6H5NO2.C5H8O2.5Ir/c1-15-11-16(12-7-3-2-4-8-12)14-10-6-5-9-13(14)15;1-8-5-6-17-11(7-8)9-3-4-10(14)13(16-2)12(9)15;1-2-7-12-10(5-1)9-13(15-12)11-6-3-4-8-14-11;12-8-4-5-9(10(13)7-8)11-3-1-2-6-14-11;1-12-6-7-13(8-12)10-4-2-9(11)3-5-10;1-2-5-9-7(3-1)8-4-6-10-11-8;8-6(9)5-3-1-2-4-7-5;1-4(6)3-5(2)7;;;;;/h2-7,9-11H,1H3;4-7H,1H3;1-8H;1-4,6-7H;2-4,6-8H,1H3;1-6H;1-4H,(H,8,9);3,6H,1-2H3;;;;;/q-2;3*-1;-2;-1;;;;;;;+3. The third kappa shape index (κ3) is 28.8. The molecule has 0 fully saturated rings. The number of carbonyl (C=O) groups is 2. The number of halogens is 5. The quantitative estimate of drug-likeness (QED) is 0.0633. The topological polar surface area (TPSA) is 183 Å². The molecule has 7 aromatic heterocycles. The van der Waals surface area contributed by atoms with Gasteiger partial charge < -0.3 is 55.0 Å². The number of carbonyl (C=O) groups excluding carboxylic acids is 1. The molecule has 107 heavy (non-hydrogen) atoms. The van der Waals surface area contributed by atoms with Gasteiger partial charge in [-0.15, -0.1) is 83.0 Å². The van der Waals surface area contributed by atoms with Crippen LogP contribution < -0.4 is 19.8 Å². The summed E-state index contributed by atoms with van der Waals surface area (Å²) in [4.78, 5) is 52.1. The number of pyridine rings is 5. The molecule has 6 aromatic carbocycles. The van der Waals surface area contributed by atoms with Crippen LogP contribution in [0, 0.1) is 86.3 Å². The van der Waals surface area contributed by atoms with E-state index in [2.05, 4.69) is 142 Å². The molecule has 0 saturated heterocycles. The molecule has 0 spiro atoms. The summed E-state index contributed by atoms with van der Waals surface area (Å²) in [5, 5.41) is 25.4. The minimum Gasteiger partial charge on any atom is -0.574 e. The van der Waals surface area contributed by atoms with Gasteiger partial charge in [-0.2, -0.15) is 49.7 Å². The van der Waals surface area contributed by atoms with Crippen LogP contribution in [0.25, 0.3) is 59.4 Å². The molecule has 2 N–H and O–H groups in total. The van der Waals surface area contributed by atoms with Gasteiger partial charge in [-0.1, -0.05) is 95.7 Å². The van der Waals surface area contributed by atoms with Gasteiger partial charge in [0.2, 0.25) is 0 Å². The summed E-state index contributed by atoms with van der Waals surface area (Å²) >= 11 is 1.73. The third-order valence-corrected chi connectivity index (χ3v) is 14.7. The van der Waals surface area contributed by atoms with Crippen molar-refractivity contribution >= 4 is 61.6 Å². The van der Waals surface area contributed by atoms with Crippen LogP contribution in [0.15, 0.2) is 262 Å². The molecule has 0 aliphatic carbocycles. The predicted molar refractivity (Wildman–Crippen MR) is 386 cm³/mol. The van der Waals surface area contributed by atoms with Crippen molar-refractivity contribution in [3.05, 3.63) is 357 Å². The molecule has 4 radical (unpaired) electrons. The van der Waals surface area contributed by atoms with Crippen LogP contribution in [0.1, 0.15) is 29.9 Å². The van der Waals surface area contributed by atoms with Gasteiger partial charge in [-0.25, -0.2) is 21.1 Å². The third-order valence-electron chi connectivity index (χ3n) is 13.6. The van der Waals surface area contributed by atoms with Crippen molar-refractivity contribution in [3.63, 3.8) is 0 Å². The number of hydrogen-bond acceptors (Lipinski definition) is 14. The number of anilines is 4. The molecule has 0 bridgehead atoms. The Morgan fingerprint density at radius 2 is 1.19 bits per heavy atom. The fraction of sp³-hybridized carbons (Fsp3) is 0.0625. The van der Waals surface area contributed by atoms with E-state index in [-0.39, 0.29) is 135 Å². The summed E-state index contributed by atoms with van der Waals surface area (Å²) in [6.45, 7) is 15.4. The molecular weight excluding hydrogens is 2280 g/mol. The maximum Gasteiger partial charge on any atom is 3.00 e. The average molecular weight is 2340 g/mol. The molecule has 16 nitrogen and oxygen atoms in total. The number of allylic oxidation sites excluding steroid dienone is 2. The number of rotatable bonds is 8. The zero-order valence-corrected chi connectivity index (χ0v) is 69.7. The summed E-state index contributed by atoms with van der Waals surface area (Å²) in [5.41, 5.74) is 8.37. The first-order valence-electron chi connectivity index (χ1n) is 30.7. The van der Waals surface area contributed by atoms with E-state index in [1.807, 2.05) is 116 Å². The Kier molecular flexibility index (Phi) is 40.8. The van der Waals surface area contributed by atoms with Crippen LogP contribution in [0.5, 0.6) is 0 Å². The monoisotopic (exact) mass is 2350 g/mol. The number of benzene rings is 6. The molecule has 9 heterocycles. The molecular formula is C80H61F5Ir5N12O4S-5. The molecule has 0 unspecified atom stereocenters. The molecule has 13 aromatic rings. The van der Waals surface area contributed by atoms with E-state index in [1.165, 1.54) is 72.0 Å². The Bertz CT molecular complexity index is 4880. The molecule has 556 valence electrons. The number of nitrogens with zero attached hydrogens (tertiary/aromatic N) is 12. The van der Waals surface area contributed by atoms with E-state index < -0.39 is 34.9 Å². The van der Waals surface area contributed by atoms with Crippen molar-refractivity contribution in [1.29, 1.82) is 0 Å². The number of para-hydroxylation sites is 3. The molecule has 2 aliphatic heterocycles. The second-order valence-corrected chi connectivity index (χ2v) is 22.3. The van der Waals surface area contributed by atoms with Crippen LogP contribution in [0.3, 0.4) is 0 Å².